The molecule has 16 rings (SSSR count). The zero-order valence-corrected chi connectivity index (χ0v) is 78.6. The van der Waals surface area contributed by atoms with E-state index in [1.165, 1.54) is 35.0 Å². The van der Waals surface area contributed by atoms with E-state index in [0.717, 1.165) is 37.2 Å². The summed E-state index contributed by atoms with van der Waals surface area (Å²) in [6.07, 6.45) is 23.6. The fraction of sp³-hybridized carbons (Fsp3) is 0.637. The van der Waals surface area contributed by atoms with Crippen molar-refractivity contribution < 1.29 is 68.6 Å². The highest BCUT2D eigenvalue weighted by molar-refractivity contribution is 7.73. The van der Waals surface area contributed by atoms with Crippen molar-refractivity contribution in [1.82, 2.24) is 87.6 Å². The van der Waals surface area contributed by atoms with Gasteiger partial charge in [0.25, 0.3) is 22.2 Å². The van der Waals surface area contributed by atoms with Crippen LogP contribution in [0.2, 0.25) is 0 Å². The third-order valence-electron chi connectivity index (χ3n) is 23.4. The Kier molecular flexibility index (Phi) is 27.7. The molecule has 2 bridgehead atoms. The lowest BCUT2D eigenvalue weighted by atomic mass is 9.90. The minimum absolute atomic E-state index is 0.124. The van der Waals surface area contributed by atoms with E-state index in [-0.39, 0.29) is 55.9 Å². The summed E-state index contributed by atoms with van der Waals surface area (Å²) in [5, 5.41) is 77.8. The summed E-state index contributed by atoms with van der Waals surface area (Å²) in [6, 6.07) is 0. The molecule has 6 saturated heterocycles. The zero-order chi connectivity index (χ0) is 91.3. The Bertz CT molecular complexity index is 5890. The first-order chi connectivity index (χ1) is 57.4. The Hall–Kier alpha value is -7.05. The van der Waals surface area contributed by atoms with Crippen LogP contribution >= 0.6 is 34.4 Å². The number of aryl methyl sites for hydroxylation is 4. The molecule has 0 aliphatic carbocycles. The summed E-state index contributed by atoms with van der Waals surface area (Å²) in [6.45, 7) is 31.1. The number of amidine groups is 1. The van der Waals surface area contributed by atoms with E-state index < -0.39 is 155 Å². The molecule has 16 heterocycles. The number of hydrogen-bond acceptors (Lipinski definition) is 29. The number of aromatic amines is 4. The number of imidazole rings is 5. The number of alkyl halides is 1. The van der Waals surface area contributed by atoms with E-state index >= 15 is 0 Å². The number of nitrogens with one attached hydrogen (secondary N) is 5. The molecule has 44 heteroatoms. The third kappa shape index (κ3) is 20.5. The largest absolute Gasteiger partial charge is 0.390 e. The molecular formula is C80H125FN21O17P5. The van der Waals surface area contributed by atoms with Crippen LogP contribution in [0.5, 0.6) is 0 Å². The summed E-state index contributed by atoms with van der Waals surface area (Å²) in [5.74, 6) is 3.04. The summed E-state index contributed by atoms with van der Waals surface area (Å²) in [5.41, 5.74) is 3.31. The quantitative estimate of drug-likeness (QED) is 0.0455. The number of halogens is 1. The monoisotopic (exact) mass is 1830 g/mol. The van der Waals surface area contributed by atoms with E-state index in [4.69, 9.17) is 34.2 Å². The first-order valence-corrected chi connectivity index (χ1v) is 56.3. The van der Waals surface area contributed by atoms with Crippen molar-refractivity contribution in [3.05, 3.63) is 102 Å². The van der Waals surface area contributed by atoms with Gasteiger partial charge in [0.1, 0.15) is 100 Å². The van der Waals surface area contributed by atoms with Crippen molar-refractivity contribution in [2.75, 3.05) is 109 Å². The number of anilines is 1. The molecule has 9 aromatic rings. The fourth-order valence-electron chi connectivity index (χ4n) is 16.3. The number of aliphatic hydroxyl groups is 7. The zero-order valence-electron chi connectivity index (χ0n) is 74.1. The van der Waals surface area contributed by atoms with E-state index in [2.05, 4.69) is 173 Å². The molecule has 124 heavy (non-hydrogen) atoms. The van der Waals surface area contributed by atoms with Crippen LogP contribution in [-0.2, 0) is 28.4 Å². The second kappa shape index (κ2) is 35.8. The predicted octanol–water partition coefficient (Wildman–Crippen LogP) is 4.82. The number of fused-ring (bicyclic) bond motifs is 7. The Morgan fingerprint density at radius 1 is 0.492 bits per heavy atom. The van der Waals surface area contributed by atoms with Gasteiger partial charge in [-0.3, -0.25) is 42.0 Å². The Labute approximate surface area is 718 Å². The van der Waals surface area contributed by atoms with Gasteiger partial charge in [-0.2, -0.15) is 0 Å². The van der Waals surface area contributed by atoms with Crippen molar-refractivity contribution in [2.24, 2.45) is 16.6 Å². The van der Waals surface area contributed by atoms with Crippen molar-refractivity contribution in [1.29, 1.82) is 0 Å². The first-order valence-electron chi connectivity index (χ1n) is 41.1. The molecule has 6 fully saturated rings. The van der Waals surface area contributed by atoms with Gasteiger partial charge in [0.15, 0.2) is 75.7 Å². The number of aromatic nitrogens is 18. The SMILES string of the molecule is C=P(C)(C)CC[C@@]1(C)O[C@@H](n2cnc3c(=O)[nH]c(C)nc32)[C@H](C)[C@@H]1O.C=P(C)(C)CC[C@@]12CO[C@@H]([C@H](n3cnc4c(=O)[nH]c(C)nc43)O1)[C@@H]2O.C=P(C)(C)CC[C@H]1O[C@@H](n2cnc3c(=O)[nH]c(C)nc32)[C@@](C)(O)[C@@H]1O.C=P(C)(C)CC[C@H]1O[C@@H](n2cnc3c(=O)[nH]c(C)nc32)[C@H](F)[C@@H]1O.C=P(C)(C)CC[C@H]1O[C@@H](n2cnc3c2NC(C)=NC3N)[C@](C)(O)[C@@H]1O. The summed E-state index contributed by atoms with van der Waals surface area (Å²) < 4.78 is 58.9. The number of ether oxygens (including phenoxy) is 6. The van der Waals surface area contributed by atoms with E-state index in [9.17, 15) is 59.3 Å². The van der Waals surface area contributed by atoms with Crippen LogP contribution in [0.15, 0.2) is 55.8 Å². The number of hydrogen-bond donors (Lipinski definition) is 13. The number of rotatable bonds is 20. The Balaban J connectivity index is 0.000000141. The highest BCUT2D eigenvalue weighted by Crippen LogP contribution is 2.53. The smallest absolute Gasteiger partial charge is 0.279 e. The summed E-state index contributed by atoms with van der Waals surface area (Å²) >= 11 is 0. The topological polar surface area (TPSA) is 520 Å². The molecule has 38 nitrogen and oxygen atoms in total. The number of aliphatic imine (C=N–C) groups is 1. The van der Waals surface area contributed by atoms with Crippen molar-refractivity contribution in [3.8, 4) is 0 Å². The molecular weight excluding hydrogens is 1700 g/mol. The molecule has 9 aromatic heterocycles. The standard InChI is InChI=1S/C17H27N4O3P.C16H28N5O3P.C16H23N4O4P.C16H25N4O4P.C15H22FN4O3P/c1-10-13(22)17(3,7-8-25(4,5)6)24-16(10)21-9-18-12-14(21)19-11(2)20-15(12)23;1-9-19-13(17)11-14(20-9)21(8-18-11)15-16(2,23)12(22)10(24-15)6-7-25(3,4)5;1-9-18-13-10(14(22)19-9)17-8-20(13)15-11-12(21)16(24-15,7-23-11)5-6-25(2,3)4;1-9-18-13-11(14(22)19-9)17-8-20(13)15-16(2,23)12(21)10(24-15)6-7-25(3,4)5;1-8-18-13-11(14(22)19-8)17-7-20(13)15-10(16)12(21)9(23-15)5-6-24(2,3)4/h9-10,13,16,22H,4,7-8H2,1-3,5-6H3,(H,19,20,23);8,10,12-13,15,22-23H,3,6-7,17H2,1-2,4-5H3,(H,19,20);8,11-12,15,21H,2,5-7H2,1,3-4H3,(H,18,19,22);8,10,12,15,21,23H,3,6-7H2,1-2,4-5H3,(H,18,19,22);7,9-10,12,15,21H,2,5-6H2,1,3-4H3,(H,18,19,22)/t10-,13+,16-,17-;10-,12-,13?,15-,16-;11-,12+,15-,16+;10-,12-,15-,16+;9-,10-,12-,15-/m11111/s1. The Morgan fingerprint density at radius 2 is 0.863 bits per heavy atom. The Morgan fingerprint density at radius 3 is 1.29 bits per heavy atom. The number of aliphatic hydroxyl groups excluding tert-OH is 5. The minimum Gasteiger partial charge on any atom is -0.390 e. The maximum Gasteiger partial charge on any atom is 0.279 e. The van der Waals surface area contributed by atoms with Gasteiger partial charge >= 0.3 is 0 Å². The fourth-order valence-corrected chi connectivity index (χ4v) is 21.2. The van der Waals surface area contributed by atoms with Crippen LogP contribution in [-0.4, -0.2) is 348 Å². The normalized spacial score (nSPS) is 31.1. The van der Waals surface area contributed by atoms with Gasteiger partial charge < -0.3 is 95.2 Å². The van der Waals surface area contributed by atoms with Crippen molar-refractivity contribution >= 4 is 122 Å². The lowest BCUT2D eigenvalue weighted by Crippen LogP contribution is -2.44. The van der Waals surface area contributed by atoms with Gasteiger partial charge in [-0.05, 0) is 185 Å². The lowest BCUT2D eigenvalue weighted by molar-refractivity contribution is -0.172. The molecule has 21 atom stereocenters. The van der Waals surface area contributed by atoms with Gasteiger partial charge in [-0.1, -0.05) is 6.92 Å². The highest BCUT2D eigenvalue weighted by atomic mass is 31.2. The molecule has 7 aliphatic heterocycles. The number of nitrogens with two attached hydrogens (primary N) is 1. The maximum atomic E-state index is 14.6. The molecule has 684 valence electrons. The highest BCUT2D eigenvalue weighted by Gasteiger charge is 2.62. The molecule has 7 aliphatic rings. The van der Waals surface area contributed by atoms with Gasteiger partial charge in [0, 0.05) is 5.92 Å². The van der Waals surface area contributed by atoms with Crippen LogP contribution in [0.4, 0.5) is 10.2 Å². The number of H-pyrrole nitrogens is 4. The molecule has 0 amide bonds. The second-order valence-corrected chi connectivity index (χ2v) is 59.6. The van der Waals surface area contributed by atoms with Crippen LogP contribution in [0.3, 0.4) is 0 Å². The third-order valence-corrected chi connectivity index (χ3v) is 30.7. The van der Waals surface area contributed by atoms with Gasteiger partial charge in [0.05, 0.1) is 68.3 Å². The predicted molar refractivity (Wildman–Crippen MR) is 492 cm³/mol. The van der Waals surface area contributed by atoms with Crippen LogP contribution in [0, 0.1) is 33.6 Å². The summed E-state index contributed by atoms with van der Waals surface area (Å²) in [7, 11) is 0. The van der Waals surface area contributed by atoms with Gasteiger partial charge in [-0.15, -0.1) is 65.9 Å². The first kappa shape index (κ1) is 96.0. The van der Waals surface area contributed by atoms with Crippen LogP contribution in [0.25, 0.3) is 44.7 Å². The van der Waals surface area contributed by atoms with E-state index in [1.807, 2.05) is 20.8 Å². The molecule has 1 unspecified atom stereocenters. The van der Waals surface area contributed by atoms with E-state index in [1.54, 1.807) is 61.0 Å². The molecule has 0 radical (unpaired) electrons. The van der Waals surface area contributed by atoms with Crippen molar-refractivity contribution in [2.45, 2.75) is 215 Å². The summed E-state index contributed by atoms with van der Waals surface area (Å²) in [4.78, 5) is 101. The maximum absolute atomic E-state index is 14.6. The second-order valence-electron chi connectivity index (χ2n) is 38.0. The average Bonchev–Trinajstić information content (AvgIpc) is 1.57. The molecule has 0 spiro atoms. The lowest BCUT2D eigenvalue weighted by Gasteiger charge is -2.32. The average molecular weight is 1830 g/mol. The minimum atomic E-state index is -1.61. The van der Waals surface area contributed by atoms with Crippen molar-refractivity contribution in [3.63, 3.8) is 0 Å². The van der Waals surface area contributed by atoms with Gasteiger partial charge in [-0.25, -0.2) is 54.2 Å². The van der Waals surface area contributed by atoms with E-state index in [0.29, 0.717) is 89.9 Å². The van der Waals surface area contributed by atoms with Crippen LogP contribution in [0.1, 0.15) is 133 Å². The van der Waals surface area contributed by atoms with Crippen LogP contribution < -0.4 is 33.3 Å². The molecule has 14 N–H and O–H groups in total. The van der Waals surface area contributed by atoms with Gasteiger partial charge in [0.2, 0.25) is 0 Å². The molecule has 0 aromatic carbocycles. The molecule has 0 saturated carbocycles. The number of nitrogens with zero attached hydrogens (tertiary/aromatic N) is 15.